The molecule has 3 aliphatic heterocycles. The maximum absolute atomic E-state index is 12.0. The first kappa shape index (κ1) is 38.4. The molecule has 0 aromatic heterocycles. The van der Waals surface area contributed by atoms with Crippen molar-refractivity contribution in [1.29, 1.82) is 0 Å². The molecule has 8 nitrogen and oxygen atoms in total. The summed E-state index contributed by atoms with van der Waals surface area (Å²) in [4.78, 5) is 12.0. The summed E-state index contributed by atoms with van der Waals surface area (Å²) < 4.78 is 43.9. The van der Waals surface area contributed by atoms with Crippen LogP contribution in [0.25, 0.3) is 0 Å². The van der Waals surface area contributed by atoms with Crippen molar-refractivity contribution in [3.8, 4) is 0 Å². The van der Waals surface area contributed by atoms with Crippen LogP contribution < -0.4 is 0 Å². The molecule has 5 rings (SSSR count). The molecule has 276 valence electrons. The topological polar surface area (TPSA) is 81.7 Å². The van der Waals surface area contributed by atoms with Gasteiger partial charge in [0.25, 0.3) is 0 Å². The van der Waals surface area contributed by atoms with Crippen LogP contribution in [0.4, 0.5) is 0 Å². The van der Waals surface area contributed by atoms with Crippen molar-refractivity contribution in [3.05, 3.63) is 48.0 Å². The third-order valence-corrected chi connectivity index (χ3v) is 10.6. The molecular formula is C41H64O8. The summed E-state index contributed by atoms with van der Waals surface area (Å²) in [6, 6.07) is 10.7. The minimum absolute atomic E-state index is 0.0562. The summed E-state index contributed by atoms with van der Waals surface area (Å²) in [5.41, 5.74) is 1.35. The van der Waals surface area contributed by atoms with E-state index in [0.717, 1.165) is 135 Å². The summed E-state index contributed by atoms with van der Waals surface area (Å²) in [7, 11) is 0. The van der Waals surface area contributed by atoms with Gasteiger partial charge in [-0.3, -0.25) is 4.79 Å². The van der Waals surface area contributed by atoms with E-state index in [1.54, 1.807) is 0 Å². The van der Waals surface area contributed by atoms with E-state index in [-0.39, 0.29) is 43.2 Å². The van der Waals surface area contributed by atoms with Crippen LogP contribution in [0.1, 0.15) is 128 Å². The zero-order valence-electron chi connectivity index (χ0n) is 30.2. The molecule has 1 saturated carbocycles. The summed E-state index contributed by atoms with van der Waals surface area (Å²) in [6.45, 7) is 4.85. The summed E-state index contributed by atoms with van der Waals surface area (Å²) >= 11 is 0. The predicted octanol–water partition coefficient (Wildman–Crippen LogP) is 8.84. The number of ether oxygens (including phenoxy) is 7. The van der Waals surface area contributed by atoms with Crippen LogP contribution in [-0.2, 0) is 44.4 Å². The zero-order valence-corrected chi connectivity index (χ0v) is 30.2. The van der Waals surface area contributed by atoms with Gasteiger partial charge in [0, 0.05) is 32.7 Å². The second-order valence-electron chi connectivity index (χ2n) is 14.5. The number of aryl methyl sites for hydroxylation is 1. The molecule has 8 heteroatoms. The molecule has 4 fully saturated rings. The van der Waals surface area contributed by atoms with Crippen LogP contribution in [0.2, 0.25) is 0 Å². The Hall–Kier alpha value is -1.81. The van der Waals surface area contributed by atoms with E-state index < -0.39 is 0 Å². The first-order valence-electron chi connectivity index (χ1n) is 19.8. The van der Waals surface area contributed by atoms with E-state index in [9.17, 15) is 4.79 Å². The first-order valence-corrected chi connectivity index (χ1v) is 19.8. The van der Waals surface area contributed by atoms with Gasteiger partial charge in [-0.05, 0) is 127 Å². The van der Waals surface area contributed by atoms with Crippen molar-refractivity contribution < 1.29 is 38.0 Å². The van der Waals surface area contributed by atoms with E-state index >= 15 is 0 Å². The summed E-state index contributed by atoms with van der Waals surface area (Å²) in [5, 5.41) is 0. The van der Waals surface area contributed by atoms with Gasteiger partial charge >= 0.3 is 5.97 Å². The minimum Gasteiger partial charge on any atom is -0.466 e. The van der Waals surface area contributed by atoms with Crippen LogP contribution in [0.5, 0.6) is 0 Å². The van der Waals surface area contributed by atoms with E-state index in [0.29, 0.717) is 24.9 Å². The van der Waals surface area contributed by atoms with Gasteiger partial charge in [0.2, 0.25) is 0 Å². The molecule has 49 heavy (non-hydrogen) atoms. The van der Waals surface area contributed by atoms with Crippen LogP contribution in [0, 0.1) is 11.8 Å². The lowest BCUT2D eigenvalue weighted by molar-refractivity contribution is -0.205. The fraction of sp³-hybridized carbons (Fsp3) is 0.780. The molecule has 1 aromatic carbocycles. The molecular weight excluding hydrogens is 620 g/mol. The molecule has 0 radical (unpaired) electrons. The van der Waals surface area contributed by atoms with Gasteiger partial charge in [-0.1, -0.05) is 49.4 Å². The molecule has 1 aliphatic carbocycles. The predicted molar refractivity (Wildman–Crippen MR) is 190 cm³/mol. The Morgan fingerprint density at radius 3 is 2.10 bits per heavy atom. The normalized spacial score (nSPS) is 30.0. The number of carbonyl (C=O) groups excluding carboxylic acids is 1. The molecule has 1 aromatic rings. The average molecular weight is 685 g/mol. The molecule has 0 amide bonds. The third kappa shape index (κ3) is 13.7. The number of hydrogen-bond donors (Lipinski definition) is 0. The highest BCUT2D eigenvalue weighted by atomic mass is 16.7. The lowest BCUT2D eigenvalue weighted by Gasteiger charge is -2.33. The molecule has 4 aliphatic rings. The van der Waals surface area contributed by atoms with Gasteiger partial charge in [-0.25, -0.2) is 0 Å². The fourth-order valence-electron chi connectivity index (χ4n) is 7.88. The number of carbonyl (C=O) groups is 1. The zero-order chi connectivity index (χ0) is 33.9. The van der Waals surface area contributed by atoms with Crippen molar-refractivity contribution in [2.24, 2.45) is 11.8 Å². The lowest BCUT2D eigenvalue weighted by atomic mass is 9.85. The molecule has 0 bridgehead atoms. The van der Waals surface area contributed by atoms with Gasteiger partial charge in [0.15, 0.2) is 18.9 Å². The average Bonchev–Trinajstić information content (AvgIpc) is 3.45. The van der Waals surface area contributed by atoms with E-state index in [1.807, 2.05) is 6.92 Å². The van der Waals surface area contributed by atoms with Crippen molar-refractivity contribution in [1.82, 2.24) is 0 Å². The van der Waals surface area contributed by atoms with Crippen molar-refractivity contribution in [2.75, 3.05) is 26.4 Å². The summed E-state index contributed by atoms with van der Waals surface area (Å²) in [6.07, 6.45) is 22.7. The maximum Gasteiger partial charge on any atom is 0.305 e. The van der Waals surface area contributed by atoms with Crippen LogP contribution in [0.3, 0.4) is 0 Å². The Kier molecular flexibility index (Phi) is 17.4. The number of esters is 1. The fourth-order valence-corrected chi connectivity index (χ4v) is 7.88. The molecule has 3 saturated heterocycles. The molecule has 3 unspecified atom stereocenters. The molecule has 0 N–H and O–H groups in total. The number of hydrogen-bond acceptors (Lipinski definition) is 8. The van der Waals surface area contributed by atoms with Crippen molar-refractivity contribution >= 4 is 5.97 Å². The number of rotatable bonds is 20. The number of allylic oxidation sites excluding steroid dienone is 2. The number of unbranched alkanes of at least 4 members (excludes halogenated alkanes) is 1. The standard InChI is InChI=1S/C41H64O8/c1-2-27-43-38(42)19-9-4-3-8-18-34-35(26-25-33(47-39-20-10-13-28-44-39)24-23-32-16-6-5-7-17-32)37(49-41-22-12-15-30-46-41)31-36(34)48-40-21-11-14-29-45-40/h3,5-8,16-17,33-37,39-41H,2,4,9-15,18-31H2,1H3/t33-,34+,35+,36-,37+,39?,40?,41?/m0/s1. The molecule has 3 heterocycles. The smallest absolute Gasteiger partial charge is 0.305 e. The largest absolute Gasteiger partial charge is 0.466 e. The monoisotopic (exact) mass is 684 g/mol. The number of benzene rings is 1. The maximum atomic E-state index is 12.0. The van der Waals surface area contributed by atoms with Crippen LogP contribution in [0.15, 0.2) is 42.5 Å². The Labute approximate surface area is 295 Å². The Morgan fingerprint density at radius 1 is 0.816 bits per heavy atom. The van der Waals surface area contributed by atoms with Gasteiger partial charge in [-0.2, -0.15) is 0 Å². The summed E-state index contributed by atoms with van der Waals surface area (Å²) in [5.74, 6) is 0.508. The van der Waals surface area contributed by atoms with E-state index in [4.69, 9.17) is 33.2 Å². The van der Waals surface area contributed by atoms with Gasteiger partial charge < -0.3 is 33.2 Å². The van der Waals surface area contributed by atoms with E-state index in [2.05, 4.69) is 42.5 Å². The Bertz CT molecular complexity index is 1050. The lowest BCUT2D eigenvalue weighted by Crippen LogP contribution is -2.33. The van der Waals surface area contributed by atoms with Gasteiger partial charge in [-0.15, -0.1) is 0 Å². The van der Waals surface area contributed by atoms with Crippen LogP contribution >= 0.6 is 0 Å². The third-order valence-electron chi connectivity index (χ3n) is 10.6. The highest BCUT2D eigenvalue weighted by Gasteiger charge is 2.46. The minimum atomic E-state index is -0.143. The second kappa shape index (κ2) is 22.2. The molecule has 8 atom stereocenters. The highest BCUT2D eigenvalue weighted by Crippen LogP contribution is 2.44. The van der Waals surface area contributed by atoms with Crippen molar-refractivity contribution in [2.45, 2.75) is 166 Å². The first-order chi connectivity index (χ1) is 24.2. The van der Waals surface area contributed by atoms with Gasteiger partial charge in [0.05, 0.1) is 24.9 Å². The van der Waals surface area contributed by atoms with E-state index in [1.165, 1.54) is 5.56 Å². The molecule has 0 spiro atoms. The van der Waals surface area contributed by atoms with Gasteiger partial charge in [0.1, 0.15) is 0 Å². The van der Waals surface area contributed by atoms with Crippen LogP contribution in [-0.4, -0.2) is 69.6 Å². The Balaban J connectivity index is 1.27. The Morgan fingerprint density at radius 2 is 1.47 bits per heavy atom. The SMILES string of the molecule is CCCOC(=O)CCCC=CC[C@@H]1[C@@H](CC[C@H](CCc2ccccc2)OC2CCCCO2)[C@H](OC2CCCCO2)C[C@@H]1OC1CCCCO1. The highest BCUT2D eigenvalue weighted by molar-refractivity contribution is 5.69. The quantitative estimate of drug-likeness (QED) is 0.0766. The second-order valence-corrected chi connectivity index (χ2v) is 14.5. The van der Waals surface area contributed by atoms with Crippen molar-refractivity contribution in [3.63, 3.8) is 0 Å².